The van der Waals surface area contributed by atoms with Crippen molar-refractivity contribution >= 4 is 35.0 Å². The van der Waals surface area contributed by atoms with Gasteiger partial charge in [0.05, 0.1) is 11.4 Å². The molecular formula is C31H32FN7O3. The molecule has 3 aliphatic rings. The third-order valence-corrected chi connectivity index (χ3v) is 8.14. The minimum atomic E-state index is -0.498. The highest BCUT2D eigenvalue weighted by atomic mass is 19.1. The molecule has 0 spiro atoms. The first-order valence-electron chi connectivity index (χ1n) is 14.4. The van der Waals surface area contributed by atoms with E-state index in [2.05, 4.69) is 21.3 Å². The number of halogens is 1. The molecule has 2 fully saturated rings. The Morgan fingerprint density at radius 1 is 1.02 bits per heavy atom. The number of benzene rings is 1. The maximum absolute atomic E-state index is 14.6. The van der Waals surface area contributed by atoms with Gasteiger partial charge in [0.25, 0.3) is 0 Å². The van der Waals surface area contributed by atoms with Crippen LogP contribution in [0.15, 0.2) is 54.9 Å². The molecule has 0 atom stereocenters. The lowest BCUT2D eigenvalue weighted by Gasteiger charge is -2.36. The van der Waals surface area contributed by atoms with Gasteiger partial charge in [0.1, 0.15) is 12.4 Å². The number of nitrogens with zero attached hydrogens (tertiary/aromatic N) is 6. The second-order valence-electron chi connectivity index (χ2n) is 11.2. The van der Waals surface area contributed by atoms with Gasteiger partial charge < -0.3 is 24.3 Å². The molecule has 1 aromatic carbocycles. The number of urea groups is 1. The summed E-state index contributed by atoms with van der Waals surface area (Å²) in [6.45, 7) is 4.96. The van der Waals surface area contributed by atoms with Gasteiger partial charge in [0.2, 0.25) is 0 Å². The van der Waals surface area contributed by atoms with E-state index in [4.69, 9.17) is 9.72 Å². The summed E-state index contributed by atoms with van der Waals surface area (Å²) in [7, 11) is 0. The maximum atomic E-state index is 14.6. The first-order valence-corrected chi connectivity index (χ1v) is 14.4. The van der Waals surface area contributed by atoms with Crippen LogP contribution in [-0.4, -0.2) is 64.1 Å². The molecule has 1 saturated heterocycles. The third kappa shape index (κ3) is 5.10. The van der Waals surface area contributed by atoms with Gasteiger partial charge in [0.15, 0.2) is 11.5 Å². The number of hydrogen-bond acceptors (Lipinski definition) is 6. The van der Waals surface area contributed by atoms with E-state index in [0.29, 0.717) is 62.3 Å². The summed E-state index contributed by atoms with van der Waals surface area (Å²) in [6.07, 6.45) is 5.92. The minimum Gasteiger partial charge on any atom is -0.445 e. The van der Waals surface area contributed by atoms with Crippen molar-refractivity contribution < 1.29 is 18.7 Å². The number of piperazine rings is 1. The number of hydrogen-bond donors (Lipinski definition) is 1. The quantitative estimate of drug-likeness (QED) is 0.359. The zero-order valence-electron chi connectivity index (χ0n) is 23.4. The molecule has 7 rings (SSSR count). The Balaban J connectivity index is 1.07. The molecule has 11 heteroatoms. The van der Waals surface area contributed by atoms with E-state index >= 15 is 0 Å². The average Bonchev–Trinajstić information content (AvgIpc) is 3.65. The van der Waals surface area contributed by atoms with Crippen LogP contribution in [0.3, 0.4) is 0 Å². The SMILES string of the molecule is Cc1cn2cc(NC(=O)N3CCc4c(N5CCN(C(=O)OCc6ccccc6)CC5)cc(C5CC5)nc43)cc(F)c2n1. The lowest BCUT2D eigenvalue weighted by molar-refractivity contribution is 0.0942. The maximum Gasteiger partial charge on any atom is 0.410 e. The van der Waals surface area contributed by atoms with Crippen molar-refractivity contribution in [2.75, 3.05) is 47.8 Å². The van der Waals surface area contributed by atoms with E-state index in [1.165, 1.54) is 6.07 Å². The molecule has 0 unspecified atom stereocenters. The second kappa shape index (κ2) is 10.6. The summed E-state index contributed by atoms with van der Waals surface area (Å²) >= 11 is 0. The third-order valence-electron chi connectivity index (χ3n) is 8.14. The van der Waals surface area contributed by atoms with Crippen LogP contribution in [0.25, 0.3) is 5.65 Å². The number of carbonyl (C=O) groups excluding carboxylic acids is 2. The number of pyridine rings is 2. The average molecular weight is 570 g/mol. The van der Waals surface area contributed by atoms with E-state index in [1.807, 2.05) is 30.3 Å². The summed E-state index contributed by atoms with van der Waals surface area (Å²) in [5, 5.41) is 2.86. The smallest absolute Gasteiger partial charge is 0.410 e. The number of ether oxygens (including phenoxy) is 1. The molecule has 0 radical (unpaired) electrons. The Bertz CT molecular complexity index is 1660. The van der Waals surface area contributed by atoms with Crippen LogP contribution in [0, 0.1) is 12.7 Å². The highest BCUT2D eigenvalue weighted by Gasteiger charge is 2.35. The molecule has 1 saturated carbocycles. The molecule has 216 valence electrons. The van der Waals surface area contributed by atoms with Gasteiger partial charge >= 0.3 is 12.1 Å². The molecular weight excluding hydrogens is 537 g/mol. The fourth-order valence-electron chi connectivity index (χ4n) is 5.80. The molecule has 10 nitrogen and oxygen atoms in total. The lowest BCUT2D eigenvalue weighted by Crippen LogP contribution is -2.49. The van der Waals surface area contributed by atoms with Crippen LogP contribution in [0.2, 0.25) is 0 Å². The fraction of sp³-hybridized carbons (Fsp3) is 0.355. The van der Waals surface area contributed by atoms with Crippen molar-refractivity contribution in [2.24, 2.45) is 0 Å². The first kappa shape index (κ1) is 26.2. The molecule has 1 aliphatic carbocycles. The summed E-state index contributed by atoms with van der Waals surface area (Å²) in [5.74, 6) is 0.564. The number of amides is 3. The van der Waals surface area contributed by atoms with Gasteiger partial charge in [-0.2, -0.15) is 0 Å². The predicted molar refractivity (Wildman–Crippen MR) is 157 cm³/mol. The minimum absolute atomic E-state index is 0.224. The predicted octanol–water partition coefficient (Wildman–Crippen LogP) is 5.11. The van der Waals surface area contributed by atoms with Crippen LogP contribution < -0.4 is 15.1 Å². The number of imidazole rings is 1. The standard InChI is InChI=1S/C31H32FN7O3/c1-20-17-38-18-23(15-25(32)29(38)33-20)34-30(40)39-10-9-24-27(16-26(22-7-8-22)35-28(24)39)36-11-13-37(14-12-36)31(41)42-19-21-5-3-2-4-6-21/h2-6,15-18,22H,7-14,19H2,1H3,(H,34,40). The van der Waals surface area contributed by atoms with Crippen LogP contribution >= 0.6 is 0 Å². The number of nitrogens with one attached hydrogen (secondary N) is 1. The molecule has 2 aliphatic heterocycles. The van der Waals surface area contributed by atoms with E-state index in [1.54, 1.807) is 33.5 Å². The van der Waals surface area contributed by atoms with Gasteiger partial charge in [0, 0.05) is 74.0 Å². The number of fused-ring (bicyclic) bond motifs is 2. The fourth-order valence-corrected chi connectivity index (χ4v) is 5.80. The van der Waals surface area contributed by atoms with E-state index in [9.17, 15) is 14.0 Å². The Kier molecular flexibility index (Phi) is 6.64. The monoisotopic (exact) mass is 569 g/mol. The van der Waals surface area contributed by atoms with Gasteiger partial charge in [-0.15, -0.1) is 0 Å². The van der Waals surface area contributed by atoms with Crippen LogP contribution in [-0.2, 0) is 17.8 Å². The van der Waals surface area contributed by atoms with Gasteiger partial charge in [-0.05, 0) is 37.8 Å². The summed E-state index contributed by atoms with van der Waals surface area (Å²) in [5.41, 5.74) is 5.33. The zero-order valence-corrected chi connectivity index (χ0v) is 23.4. The van der Waals surface area contributed by atoms with Crippen molar-refractivity contribution in [3.05, 3.63) is 83.2 Å². The van der Waals surface area contributed by atoms with Crippen LogP contribution in [0.1, 0.15) is 41.3 Å². The highest BCUT2D eigenvalue weighted by molar-refractivity contribution is 6.03. The van der Waals surface area contributed by atoms with Crippen molar-refractivity contribution in [1.82, 2.24) is 19.3 Å². The largest absolute Gasteiger partial charge is 0.445 e. The number of anilines is 3. The summed E-state index contributed by atoms with van der Waals surface area (Å²) in [6, 6.07) is 12.8. The van der Waals surface area contributed by atoms with Crippen LogP contribution in [0.5, 0.6) is 0 Å². The Hall–Kier alpha value is -4.67. The molecule has 3 aromatic heterocycles. The Morgan fingerprint density at radius 2 is 1.81 bits per heavy atom. The van der Waals surface area contributed by atoms with Crippen molar-refractivity contribution in [1.29, 1.82) is 0 Å². The van der Waals surface area contributed by atoms with E-state index in [0.717, 1.165) is 35.3 Å². The van der Waals surface area contributed by atoms with Crippen molar-refractivity contribution in [3.63, 3.8) is 0 Å². The number of aryl methyl sites for hydroxylation is 1. The van der Waals surface area contributed by atoms with E-state index < -0.39 is 5.82 Å². The molecule has 1 N–H and O–H groups in total. The van der Waals surface area contributed by atoms with Crippen molar-refractivity contribution in [3.8, 4) is 0 Å². The van der Waals surface area contributed by atoms with Crippen LogP contribution in [0.4, 0.5) is 31.2 Å². The normalized spacial score (nSPS) is 16.6. The lowest BCUT2D eigenvalue weighted by atomic mass is 10.1. The highest BCUT2D eigenvalue weighted by Crippen LogP contribution is 2.44. The molecule has 0 bridgehead atoms. The molecule has 4 aromatic rings. The zero-order chi connectivity index (χ0) is 28.8. The van der Waals surface area contributed by atoms with E-state index in [-0.39, 0.29) is 24.4 Å². The number of rotatable bonds is 5. The molecule has 42 heavy (non-hydrogen) atoms. The molecule has 3 amide bonds. The first-order chi connectivity index (χ1) is 20.4. The molecule has 5 heterocycles. The number of aromatic nitrogens is 3. The topological polar surface area (TPSA) is 95.3 Å². The van der Waals surface area contributed by atoms with Gasteiger partial charge in [-0.25, -0.2) is 23.9 Å². The number of carbonyl (C=O) groups is 2. The Labute approximate surface area is 242 Å². The van der Waals surface area contributed by atoms with Crippen molar-refractivity contribution in [2.45, 2.75) is 38.7 Å². The van der Waals surface area contributed by atoms with Gasteiger partial charge in [-0.3, -0.25) is 4.90 Å². The Morgan fingerprint density at radius 3 is 2.57 bits per heavy atom. The summed E-state index contributed by atoms with van der Waals surface area (Å²) in [4.78, 5) is 41.0. The second-order valence-corrected chi connectivity index (χ2v) is 11.2. The van der Waals surface area contributed by atoms with Gasteiger partial charge in [-0.1, -0.05) is 30.3 Å². The summed E-state index contributed by atoms with van der Waals surface area (Å²) < 4.78 is 21.8.